The van der Waals surface area contributed by atoms with E-state index in [0.29, 0.717) is 5.69 Å². The summed E-state index contributed by atoms with van der Waals surface area (Å²) in [5.74, 6) is 0.0489. The highest BCUT2D eigenvalue weighted by molar-refractivity contribution is 5.92. The Morgan fingerprint density at radius 1 is 1.50 bits per heavy atom. The molecule has 1 atom stereocenters. The summed E-state index contributed by atoms with van der Waals surface area (Å²) >= 11 is 0. The van der Waals surface area contributed by atoms with Crippen molar-refractivity contribution in [3.63, 3.8) is 0 Å². The number of aliphatic hydroxyl groups is 1. The summed E-state index contributed by atoms with van der Waals surface area (Å²) in [4.78, 5) is 14.1. The fraction of sp³-hybridized carbons (Fsp3) is 0.438. The minimum Gasteiger partial charge on any atom is -0.399 e. The van der Waals surface area contributed by atoms with Crippen LogP contribution in [0.2, 0.25) is 0 Å². The van der Waals surface area contributed by atoms with Crippen molar-refractivity contribution in [1.29, 1.82) is 0 Å². The number of benzene rings is 1. The molecule has 1 aliphatic rings. The number of hydrogen-bond donors (Lipinski definition) is 2. The molecule has 4 heteroatoms. The van der Waals surface area contributed by atoms with E-state index in [9.17, 15) is 4.79 Å². The fourth-order valence-corrected chi connectivity index (χ4v) is 2.68. The van der Waals surface area contributed by atoms with Crippen molar-refractivity contribution >= 4 is 17.7 Å². The molecule has 0 spiro atoms. The van der Waals surface area contributed by atoms with Crippen LogP contribution in [-0.2, 0) is 4.79 Å². The Balaban J connectivity index is 1.96. The van der Waals surface area contributed by atoms with Gasteiger partial charge >= 0.3 is 0 Å². The van der Waals surface area contributed by atoms with E-state index in [4.69, 9.17) is 10.8 Å². The second-order valence-electron chi connectivity index (χ2n) is 5.20. The van der Waals surface area contributed by atoms with Crippen molar-refractivity contribution in [2.24, 2.45) is 0 Å². The predicted octanol–water partition coefficient (Wildman–Crippen LogP) is 2.05. The van der Waals surface area contributed by atoms with Crippen LogP contribution in [0.3, 0.4) is 0 Å². The van der Waals surface area contributed by atoms with Crippen LogP contribution in [0.25, 0.3) is 6.08 Å². The van der Waals surface area contributed by atoms with Crippen molar-refractivity contribution in [3.05, 3.63) is 35.9 Å². The Hall–Kier alpha value is -1.81. The van der Waals surface area contributed by atoms with E-state index in [1.165, 1.54) is 0 Å². The maximum atomic E-state index is 12.2. The Morgan fingerprint density at radius 3 is 3.10 bits per heavy atom. The Bertz CT molecular complexity index is 485. The van der Waals surface area contributed by atoms with Crippen molar-refractivity contribution in [3.8, 4) is 0 Å². The molecular weight excluding hydrogens is 252 g/mol. The molecule has 0 aliphatic carbocycles. The van der Waals surface area contributed by atoms with Crippen LogP contribution >= 0.6 is 0 Å². The summed E-state index contributed by atoms with van der Waals surface area (Å²) < 4.78 is 0. The molecule has 1 unspecified atom stereocenters. The average molecular weight is 274 g/mol. The molecule has 4 nitrogen and oxygen atoms in total. The van der Waals surface area contributed by atoms with Crippen LogP contribution in [0.4, 0.5) is 5.69 Å². The first-order valence-corrected chi connectivity index (χ1v) is 7.16. The van der Waals surface area contributed by atoms with E-state index in [0.717, 1.165) is 37.8 Å². The molecule has 1 fully saturated rings. The van der Waals surface area contributed by atoms with E-state index in [-0.39, 0.29) is 18.6 Å². The number of amides is 1. The third-order valence-corrected chi connectivity index (χ3v) is 3.68. The van der Waals surface area contributed by atoms with Crippen LogP contribution in [0.1, 0.15) is 31.2 Å². The first kappa shape index (κ1) is 14.6. The van der Waals surface area contributed by atoms with Gasteiger partial charge in [-0.25, -0.2) is 0 Å². The van der Waals surface area contributed by atoms with Gasteiger partial charge in [0, 0.05) is 31.0 Å². The van der Waals surface area contributed by atoms with Crippen molar-refractivity contribution in [2.75, 3.05) is 18.9 Å². The van der Waals surface area contributed by atoms with Gasteiger partial charge < -0.3 is 15.7 Å². The summed E-state index contributed by atoms with van der Waals surface area (Å²) in [6, 6.07) is 7.74. The largest absolute Gasteiger partial charge is 0.399 e. The zero-order valence-electron chi connectivity index (χ0n) is 11.7. The number of aliphatic hydroxyl groups excluding tert-OH is 1. The smallest absolute Gasteiger partial charge is 0.246 e. The molecule has 1 aromatic rings. The third-order valence-electron chi connectivity index (χ3n) is 3.68. The quantitative estimate of drug-likeness (QED) is 0.638. The third kappa shape index (κ3) is 3.84. The number of hydrogen-bond acceptors (Lipinski definition) is 3. The molecule has 1 heterocycles. The van der Waals surface area contributed by atoms with Gasteiger partial charge in [-0.2, -0.15) is 0 Å². The number of likely N-dealkylation sites (tertiary alicyclic amines) is 1. The van der Waals surface area contributed by atoms with E-state index >= 15 is 0 Å². The minimum atomic E-state index is 0.0489. The lowest BCUT2D eigenvalue weighted by Gasteiger charge is -2.23. The number of nitrogens with zero attached hydrogens (tertiary/aromatic N) is 1. The molecule has 1 saturated heterocycles. The lowest BCUT2D eigenvalue weighted by Crippen LogP contribution is -2.34. The summed E-state index contributed by atoms with van der Waals surface area (Å²) in [5, 5.41) is 8.90. The predicted molar refractivity (Wildman–Crippen MR) is 80.9 cm³/mol. The summed E-state index contributed by atoms with van der Waals surface area (Å²) in [7, 11) is 0. The number of rotatable bonds is 5. The van der Waals surface area contributed by atoms with Crippen LogP contribution in [0, 0.1) is 0 Å². The van der Waals surface area contributed by atoms with Gasteiger partial charge in [-0.3, -0.25) is 4.79 Å². The van der Waals surface area contributed by atoms with E-state index in [1.54, 1.807) is 12.2 Å². The van der Waals surface area contributed by atoms with Gasteiger partial charge in [0.05, 0.1) is 0 Å². The highest BCUT2D eigenvalue weighted by Gasteiger charge is 2.26. The molecular formula is C16H22N2O2. The maximum absolute atomic E-state index is 12.2. The summed E-state index contributed by atoms with van der Waals surface area (Å²) in [6.07, 6.45) is 7.15. The van der Waals surface area contributed by atoms with E-state index < -0.39 is 0 Å². The lowest BCUT2D eigenvalue weighted by molar-refractivity contribution is -0.126. The van der Waals surface area contributed by atoms with Gasteiger partial charge in [0.15, 0.2) is 0 Å². The van der Waals surface area contributed by atoms with E-state index in [1.807, 2.05) is 29.2 Å². The number of carbonyl (C=O) groups excluding carboxylic acids is 1. The molecule has 0 aromatic heterocycles. The minimum absolute atomic E-state index is 0.0489. The number of anilines is 1. The molecule has 0 saturated carbocycles. The van der Waals surface area contributed by atoms with Crippen LogP contribution < -0.4 is 5.73 Å². The zero-order valence-corrected chi connectivity index (χ0v) is 11.7. The fourth-order valence-electron chi connectivity index (χ4n) is 2.68. The molecule has 0 radical (unpaired) electrons. The second kappa shape index (κ2) is 7.10. The van der Waals surface area contributed by atoms with Crippen molar-refractivity contribution in [1.82, 2.24) is 4.90 Å². The average Bonchev–Trinajstić information content (AvgIpc) is 2.91. The molecule has 0 bridgehead atoms. The number of carbonyl (C=O) groups is 1. The highest BCUT2D eigenvalue weighted by Crippen LogP contribution is 2.21. The van der Waals surface area contributed by atoms with Crippen molar-refractivity contribution < 1.29 is 9.90 Å². The molecule has 1 amide bonds. The SMILES string of the molecule is Nc1cccc(/C=C/C(=O)N2CCCC2CCCO)c1. The molecule has 2 rings (SSSR count). The van der Waals surface area contributed by atoms with Gasteiger partial charge in [0.1, 0.15) is 0 Å². The monoisotopic (exact) mass is 274 g/mol. The standard InChI is InChI=1S/C16H22N2O2/c17-14-5-1-4-13(12-14)8-9-16(20)18-10-2-6-15(18)7-3-11-19/h1,4-5,8-9,12,15,19H,2-3,6-7,10-11,17H2/b9-8+. The highest BCUT2D eigenvalue weighted by atomic mass is 16.3. The molecule has 108 valence electrons. The second-order valence-corrected chi connectivity index (χ2v) is 5.20. The van der Waals surface area contributed by atoms with Crippen LogP contribution in [0.5, 0.6) is 0 Å². The Labute approximate surface area is 119 Å². The van der Waals surface area contributed by atoms with Gasteiger partial charge in [-0.15, -0.1) is 0 Å². The van der Waals surface area contributed by atoms with Gasteiger partial charge in [0.25, 0.3) is 0 Å². The van der Waals surface area contributed by atoms with Crippen LogP contribution in [0.15, 0.2) is 30.3 Å². The molecule has 1 aliphatic heterocycles. The molecule has 20 heavy (non-hydrogen) atoms. The Morgan fingerprint density at radius 2 is 2.35 bits per heavy atom. The summed E-state index contributed by atoms with van der Waals surface area (Å²) in [6.45, 7) is 1.01. The van der Waals surface area contributed by atoms with Gasteiger partial charge in [0.2, 0.25) is 5.91 Å². The van der Waals surface area contributed by atoms with Crippen molar-refractivity contribution in [2.45, 2.75) is 31.7 Å². The topological polar surface area (TPSA) is 66.6 Å². The van der Waals surface area contributed by atoms with E-state index in [2.05, 4.69) is 0 Å². The number of nitrogen functional groups attached to an aromatic ring is 1. The zero-order chi connectivity index (χ0) is 14.4. The van der Waals surface area contributed by atoms with Gasteiger partial charge in [-0.05, 0) is 49.5 Å². The summed E-state index contributed by atoms with van der Waals surface area (Å²) in [5.41, 5.74) is 7.34. The maximum Gasteiger partial charge on any atom is 0.246 e. The normalized spacial score (nSPS) is 18.9. The Kier molecular flexibility index (Phi) is 5.18. The lowest BCUT2D eigenvalue weighted by atomic mass is 10.1. The molecule has 3 N–H and O–H groups in total. The number of nitrogens with two attached hydrogens (primary N) is 1. The first-order valence-electron chi connectivity index (χ1n) is 7.16. The van der Waals surface area contributed by atoms with Gasteiger partial charge in [-0.1, -0.05) is 12.1 Å². The first-order chi connectivity index (χ1) is 9.70. The van der Waals surface area contributed by atoms with Crippen LogP contribution in [-0.4, -0.2) is 35.1 Å². The molecule has 1 aromatic carbocycles.